The summed E-state index contributed by atoms with van der Waals surface area (Å²) in [5.74, 6) is 0. The van der Waals surface area contributed by atoms with Gasteiger partial charge < -0.3 is 14.2 Å². The van der Waals surface area contributed by atoms with E-state index in [1.807, 2.05) is 18.2 Å². The van der Waals surface area contributed by atoms with Crippen molar-refractivity contribution < 1.29 is 8.85 Å². The van der Waals surface area contributed by atoms with Gasteiger partial charge in [-0.25, -0.2) is 0 Å². The van der Waals surface area contributed by atoms with E-state index in [-0.39, 0.29) is 5.67 Å². The number of hydrogen-bond donors (Lipinski definition) is 1. The lowest BCUT2D eigenvalue weighted by molar-refractivity contribution is 0.238. The van der Waals surface area contributed by atoms with Crippen molar-refractivity contribution in [1.82, 2.24) is 0 Å². The van der Waals surface area contributed by atoms with E-state index < -0.39 is 8.56 Å². The highest BCUT2D eigenvalue weighted by atomic mass is 28.4. The van der Waals surface area contributed by atoms with E-state index in [1.165, 1.54) is 0 Å². The molecule has 0 heterocycles. The van der Waals surface area contributed by atoms with Gasteiger partial charge in [0, 0.05) is 19.9 Å². The molecule has 0 radical (unpaired) electrons. The van der Waals surface area contributed by atoms with Gasteiger partial charge >= 0.3 is 8.56 Å². The van der Waals surface area contributed by atoms with Gasteiger partial charge in [0.05, 0.1) is 5.67 Å². The molecule has 3 nitrogen and oxygen atoms in total. The maximum atomic E-state index is 5.63. The molecule has 0 saturated carbocycles. The Labute approximate surface area is 105 Å². The van der Waals surface area contributed by atoms with Crippen LogP contribution in [0.4, 0.5) is 5.69 Å². The Kier molecular flexibility index (Phi) is 5.68. The molecule has 0 fully saturated rings. The van der Waals surface area contributed by atoms with Crippen molar-refractivity contribution in [2.75, 3.05) is 19.5 Å². The molecule has 0 aliphatic rings. The summed E-state index contributed by atoms with van der Waals surface area (Å²) in [7, 11) is 1.34. The van der Waals surface area contributed by atoms with Gasteiger partial charge in [-0.1, -0.05) is 31.5 Å². The van der Waals surface area contributed by atoms with Gasteiger partial charge in [0.1, 0.15) is 0 Å². The van der Waals surface area contributed by atoms with Crippen LogP contribution in [0.2, 0.25) is 6.55 Å². The third-order valence-electron chi connectivity index (χ3n) is 3.14. The number of benzene rings is 1. The van der Waals surface area contributed by atoms with Crippen LogP contribution in [-0.2, 0) is 8.85 Å². The van der Waals surface area contributed by atoms with E-state index in [0.29, 0.717) is 0 Å². The Bertz CT molecular complexity index is 314. The fourth-order valence-electron chi connectivity index (χ4n) is 1.86. The molecule has 1 N–H and O–H groups in total. The van der Waals surface area contributed by atoms with Crippen LogP contribution in [0.5, 0.6) is 0 Å². The van der Waals surface area contributed by atoms with Gasteiger partial charge in [0.15, 0.2) is 0 Å². The highest BCUT2D eigenvalue weighted by molar-refractivity contribution is 6.68. The van der Waals surface area contributed by atoms with E-state index in [1.54, 1.807) is 14.2 Å². The first-order valence-corrected chi connectivity index (χ1v) is 8.47. The smallest absolute Gasteiger partial charge is 0.357 e. The molecule has 0 spiro atoms. The van der Waals surface area contributed by atoms with Gasteiger partial charge in [-0.2, -0.15) is 0 Å². The van der Waals surface area contributed by atoms with Crippen molar-refractivity contribution in [2.24, 2.45) is 0 Å². The Morgan fingerprint density at radius 1 is 1.18 bits per heavy atom. The monoisotopic (exact) mass is 253 g/mol. The Morgan fingerprint density at radius 3 is 2.24 bits per heavy atom. The minimum atomic E-state index is -2.14. The number of para-hydroxylation sites is 1. The molecular formula is C13H23NO2Si. The van der Waals surface area contributed by atoms with Crippen molar-refractivity contribution in [3.63, 3.8) is 0 Å². The van der Waals surface area contributed by atoms with Gasteiger partial charge in [-0.05, 0) is 25.1 Å². The highest BCUT2D eigenvalue weighted by Crippen LogP contribution is 2.20. The normalized spacial score (nSPS) is 13.4. The molecule has 1 aromatic carbocycles. The fraction of sp³-hybridized carbons (Fsp3) is 0.538. The van der Waals surface area contributed by atoms with E-state index >= 15 is 0 Å². The van der Waals surface area contributed by atoms with E-state index in [9.17, 15) is 0 Å². The Hall–Kier alpha value is -0.843. The number of rotatable bonds is 7. The molecular weight excluding hydrogens is 230 g/mol. The lowest BCUT2D eigenvalue weighted by Gasteiger charge is -2.33. The first-order chi connectivity index (χ1) is 8.16. The first-order valence-electron chi connectivity index (χ1n) is 6.08. The summed E-state index contributed by atoms with van der Waals surface area (Å²) in [6, 6.07) is 10.2. The Balaban J connectivity index is 2.79. The highest BCUT2D eigenvalue weighted by Gasteiger charge is 2.38. The van der Waals surface area contributed by atoms with Crippen LogP contribution in [0.25, 0.3) is 0 Å². The summed E-state index contributed by atoms with van der Waals surface area (Å²) in [5.41, 5.74) is 1.39. The molecule has 1 aromatic rings. The molecule has 1 rings (SSSR count). The fourth-order valence-corrected chi connectivity index (χ4v) is 3.84. The van der Waals surface area contributed by atoms with E-state index in [0.717, 1.165) is 18.5 Å². The second kappa shape index (κ2) is 6.79. The minimum Gasteiger partial charge on any atom is -0.397 e. The van der Waals surface area contributed by atoms with Crippen LogP contribution < -0.4 is 5.32 Å². The molecule has 1 unspecified atom stereocenters. The third kappa shape index (κ3) is 3.83. The summed E-state index contributed by atoms with van der Waals surface area (Å²) in [6.07, 6.45) is 2.17. The molecule has 4 heteroatoms. The zero-order chi connectivity index (χ0) is 12.7. The van der Waals surface area contributed by atoms with Crippen molar-refractivity contribution in [2.45, 2.75) is 32.0 Å². The van der Waals surface area contributed by atoms with Gasteiger partial charge in [0.25, 0.3) is 0 Å². The molecule has 0 aromatic heterocycles. The van der Waals surface area contributed by atoms with Crippen molar-refractivity contribution in [3.8, 4) is 0 Å². The second-order valence-electron chi connectivity index (χ2n) is 4.28. The van der Waals surface area contributed by atoms with Crippen molar-refractivity contribution in [3.05, 3.63) is 30.3 Å². The number of hydrogen-bond acceptors (Lipinski definition) is 3. The zero-order valence-corrected chi connectivity index (χ0v) is 12.2. The summed E-state index contributed by atoms with van der Waals surface area (Å²) in [4.78, 5) is 0. The molecule has 0 bridgehead atoms. The minimum absolute atomic E-state index is 0.268. The van der Waals surface area contributed by atoms with Crippen LogP contribution in [0.15, 0.2) is 30.3 Å². The van der Waals surface area contributed by atoms with Gasteiger partial charge in [-0.15, -0.1) is 0 Å². The second-order valence-corrected chi connectivity index (χ2v) is 7.82. The van der Waals surface area contributed by atoms with Crippen LogP contribution in [0, 0.1) is 0 Å². The molecule has 96 valence electrons. The molecule has 0 aliphatic heterocycles. The molecule has 0 amide bonds. The lowest BCUT2D eigenvalue weighted by Crippen LogP contribution is -2.53. The van der Waals surface area contributed by atoms with Crippen molar-refractivity contribution >= 4 is 14.2 Å². The topological polar surface area (TPSA) is 30.5 Å². The van der Waals surface area contributed by atoms with Crippen LogP contribution in [0.1, 0.15) is 19.8 Å². The van der Waals surface area contributed by atoms with Crippen LogP contribution in [-0.4, -0.2) is 28.4 Å². The molecule has 1 atom stereocenters. The maximum absolute atomic E-state index is 5.63. The summed E-state index contributed by atoms with van der Waals surface area (Å²) in [5, 5.41) is 3.53. The third-order valence-corrected chi connectivity index (χ3v) is 6.46. The van der Waals surface area contributed by atoms with Crippen molar-refractivity contribution in [1.29, 1.82) is 0 Å². The quantitative estimate of drug-likeness (QED) is 0.757. The van der Waals surface area contributed by atoms with Crippen LogP contribution >= 0.6 is 0 Å². The predicted molar refractivity (Wildman–Crippen MR) is 74.4 cm³/mol. The number of nitrogens with one attached hydrogen (secondary N) is 1. The largest absolute Gasteiger partial charge is 0.397 e. The summed E-state index contributed by atoms with van der Waals surface area (Å²) in [6.45, 7) is 4.28. The zero-order valence-electron chi connectivity index (χ0n) is 11.2. The van der Waals surface area contributed by atoms with Gasteiger partial charge in [0.2, 0.25) is 0 Å². The predicted octanol–water partition coefficient (Wildman–Crippen LogP) is 3.17. The number of anilines is 1. The standard InChI is InChI=1S/C13H23NO2Si/c1-5-9-13(17(4,15-2)16-3)14-12-10-7-6-8-11-12/h6-8,10-11,13-14H,5,9H2,1-4H3. The van der Waals surface area contributed by atoms with Crippen LogP contribution in [0.3, 0.4) is 0 Å². The average Bonchev–Trinajstić information content (AvgIpc) is 2.38. The van der Waals surface area contributed by atoms with Gasteiger partial charge in [-0.3, -0.25) is 0 Å². The first kappa shape index (κ1) is 14.2. The maximum Gasteiger partial charge on any atom is 0.357 e. The Morgan fingerprint density at radius 2 is 1.76 bits per heavy atom. The lowest BCUT2D eigenvalue weighted by atomic mass is 10.3. The van der Waals surface area contributed by atoms with E-state index in [4.69, 9.17) is 8.85 Å². The molecule has 0 saturated heterocycles. The molecule has 17 heavy (non-hydrogen) atoms. The molecule has 0 aliphatic carbocycles. The SMILES string of the molecule is CCCC(Nc1ccccc1)[Si](C)(OC)OC. The summed E-state index contributed by atoms with van der Waals surface area (Å²) >= 11 is 0. The average molecular weight is 253 g/mol. The van der Waals surface area contributed by atoms with E-state index in [2.05, 4.69) is 30.9 Å². The summed E-state index contributed by atoms with van der Waals surface area (Å²) < 4.78 is 11.3.